The number of aromatic nitrogens is 2. The topological polar surface area (TPSA) is 66.4 Å². The third kappa shape index (κ3) is 2.48. The number of carbonyl (C=O) groups is 2. The predicted octanol–water partition coefficient (Wildman–Crippen LogP) is 1.18. The standard InChI is InChI=1S/C16H19FN4O2/c17-12-3-11(4-12)15(23)20-2-1-16(8-20)5-14(22)21(9-16)13-6-18-10-19-7-13/h6-7,10-12H,1-5,8-9H2/t11?,12?,16-/m0/s1. The molecule has 2 amide bonds. The molecule has 7 heteroatoms. The molecule has 1 saturated carbocycles. The highest BCUT2D eigenvalue weighted by Crippen LogP contribution is 2.43. The number of alkyl halides is 1. The molecule has 0 aromatic carbocycles. The van der Waals surface area contributed by atoms with Crippen LogP contribution >= 0.6 is 0 Å². The van der Waals surface area contributed by atoms with Crippen LogP contribution in [0.2, 0.25) is 0 Å². The summed E-state index contributed by atoms with van der Waals surface area (Å²) in [6.45, 7) is 1.85. The Kier molecular flexibility index (Phi) is 3.32. The van der Waals surface area contributed by atoms with E-state index < -0.39 is 6.17 Å². The Morgan fingerprint density at radius 3 is 2.70 bits per heavy atom. The Labute approximate surface area is 133 Å². The summed E-state index contributed by atoms with van der Waals surface area (Å²) < 4.78 is 13.0. The fourth-order valence-electron chi connectivity index (χ4n) is 3.97. The quantitative estimate of drug-likeness (QED) is 0.821. The molecule has 2 saturated heterocycles. The van der Waals surface area contributed by atoms with E-state index in [-0.39, 0.29) is 23.1 Å². The van der Waals surface area contributed by atoms with Crippen molar-refractivity contribution in [2.45, 2.75) is 31.9 Å². The predicted molar refractivity (Wildman–Crippen MR) is 80.3 cm³/mol. The summed E-state index contributed by atoms with van der Waals surface area (Å²) in [5.74, 6) is -0.0397. The van der Waals surface area contributed by atoms with Crippen molar-refractivity contribution in [3.8, 4) is 0 Å². The molecule has 0 unspecified atom stereocenters. The minimum atomic E-state index is -0.817. The average molecular weight is 318 g/mol. The van der Waals surface area contributed by atoms with Gasteiger partial charge in [0.15, 0.2) is 0 Å². The van der Waals surface area contributed by atoms with E-state index in [4.69, 9.17) is 0 Å². The van der Waals surface area contributed by atoms with Gasteiger partial charge < -0.3 is 9.80 Å². The molecule has 1 aromatic rings. The number of halogens is 1. The molecule has 3 heterocycles. The van der Waals surface area contributed by atoms with Gasteiger partial charge in [-0.15, -0.1) is 0 Å². The molecule has 6 nitrogen and oxygen atoms in total. The van der Waals surface area contributed by atoms with Crippen molar-refractivity contribution in [2.24, 2.45) is 11.3 Å². The van der Waals surface area contributed by atoms with Crippen LogP contribution in [0.15, 0.2) is 18.7 Å². The summed E-state index contributed by atoms with van der Waals surface area (Å²) in [6, 6.07) is 0. The van der Waals surface area contributed by atoms with Crippen LogP contribution in [-0.2, 0) is 9.59 Å². The molecule has 4 rings (SSSR count). The van der Waals surface area contributed by atoms with E-state index in [9.17, 15) is 14.0 Å². The van der Waals surface area contributed by atoms with Gasteiger partial charge in [0.05, 0.1) is 18.1 Å². The molecule has 1 aromatic heterocycles. The Morgan fingerprint density at radius 1 is 1.26 bits per heavy atom. The lowest BCUT2D eigenvalue weighted by Gasteiger charge is -2.32. The van der Waals surface area contributed by atoms with Gasteiger partial charge in [0.25, 0.3) is 0 Å². The van der Waals surface area contributed by atoms with Crippen LogP contribution in [0, 0.1) is 11.3 Å². The second-order valence-electron chi connectivity index (χ2n) is 7.03. The lowest BCUT2D eigenvalue weighted by Crippen LogP contribution is -2.42. The molecule has 3 fully saturated rings. The maximum absolute atomic E-state index is 13.0. The molecule has 122 valence electrons. The van der Waals surface area contributed by atoms with Crippen LogP contribution in [0.4, 0.5) is 10.1 Å². The minimum Gasteiger partial charge on any atom is -0.342 e. The number of carbonyl (C=O) groups excluding carboxylic acids is 2. The normalized spacial score (nSPS) is 33.3. The second-order valence-corrected chi connectivity index (χ2v) is 7.03. The Hall–Kier alpha value is -2.05. The SMILES string of the molecule is O=C(C1CC(F)C1)N1CC[C@]2(CC(=O)N(c3cncnc3)C2)C1. The highest BCUT2D eigenvalue weighted by Gasteiger charge is 2.50. The first kappa shape index (κ1) is 14.5. The van der Waals surface area contributed by atoms with Gasteiger partial charge in [-0.1, -0.05) is 0 Å². The highest BCUT2D eigenvalue weighted by atomic mass is 19.1. The van der Waals surface area contributed by atoms with Crippen molar-refractivity contribution < 1.29 is 14.0 Å². The first-order chi connectivity index (χ1) is 11.1. The number of nitrogens with zero attached hydrogens (tertiary/aromatic N) is 4. The van der Waals surface area contributed by atoms with E-state index in [0.717, 1.165) is 6.42 Å². The van der Waals surface area contributed by atoms with Crippen molar-refractivity contribution in [1.82, 2.24) is 14.9 Å². The van der Waals surface area contributed by atoms with Gasteiger partial charge in [0.1, 0.15) is 12.5 Å². The van der Waals surface area contributed by atoms with E-state index in [2.05, 4.69) is 9.97 Å². The maximum Gasteiger partial charge on any atom is 0.227 e. The second kappa shape index (κ2) is 5.25. The van der Waals surface area contributed by atoms with Crippen molar-refractivity contribution in [3.05, 3.63) is 18.7 Å². The van der Waals surface area contributed by atoms with E-state index in [0.29, 0.717) is 44.6 Å². The van der Waals surface area contributed by atoms with E-state index in [1.165, 1.54) is 6.33 Å². The molecular weight excluding hydrogens is 299 g/mol. The summed E-state index contributed by atoms with van der Waals surface area (Å²) in [4.78, 5) is 36.2. The van der Waals surface area contributed by atoms with Crippen LogP contribution in [0.3, 0.4) is 0 Å². The molecule has 1 spiro atoms. The smallest absolute Gasteiger partial charge is 0.227 e. The monoisotopic (exact) mass is 318 g/mol. The summed E-state index contributed by atoms with van der Waals surface area (Å²) in [6.07, 6.45) is 5.87. The first-order valence-electron chi connectivity index (χ1n) is 8.05. The molecular formula is C16H19FN4O2. The zero-order valence-corrected chi connectivity index (χ0v) is 12.8. The van der Waals surface area contributed by atoms with Crippen LogP contribution < -0.4 is 4.90 Å². The van der Waals surface area contributed by atoms with Crippen LogP contribution in [0.25, 0.3) is 0 Å². The first-order valence-corrected chi connectivity index (χ1v) is 8.05. The summed E-state index contributed by atoms with van der Waals surface area (Å²) in [5.41, 5.74) is 0.528. The number of hydrogen-bond donors (Lipinski definition) is 0. The van der Waals surface area contributed by atoms with Crippen LogP contribution in [0.1, 0.15) is 25.7 Å². The van der Waals surface area contributed by atoms with Gasteiger partial charge >= 0.3 is 0 Å². The van der Waals surface area contributed by atoms with Gasteiger partial charge in [0.2, 0.25) is 11.8 Å². The van der Waals surface area contributed by atoms with Gasteiger partial charge in [-0.3, -0.25) is 9.59 Å². The van der Waals surface area contributed by atoms with Crippen molar-refractivity contribution in [2.75, 3.05) is 24.5 Å². The fourth-order valence-corrected chi connectivity index (χ4v) is 3.97. The Morgan fingerprint density at radius 2 is 2.00 bits per heavy atom. The van der Waals surface area contributed by atoms with Gasteiger partial charge in [-0.05, 0) is 19.3 Å². The molecule has 2 aliphatic heterocycles. The van der Waals surface area contributed by atoms with Gasteiger partial charge in [-0.2, -0.15) is 0 Å². The van der Waals surface area contributed by atoms with E-state index >= 15 is 0 Å². The number of hydrogen-bond acceptors (Lipinski definition) is 4. The van der Waals surface area contributed by atoms with Gasteiger partial charge in [-0.25, -0.2) is 14.4 Å². The largest absolute Gasteiger partial charge is 0.342 e. The number of rotatable bonds is 2. The molecule has 0 radical (unpaired) electrons. The Balaban J connectivity index is 1.44. The number of likely N-dealkylation sites (tertiary alicyclic amines) is 1. The molecule has 0 bridgehead atoms. The molecule has 1 aliphatic carbocycles. The minimum absolute atomic E-state index is 0.0570. The fraction of sp³-hybridized carbons (Fsp3) is 0.625. The van der Waals surface area contributed by atoms with Crippen molar-refractivity contribution >= 4 is 17.5 Å². The zero-order valence-electron chi connectivity index (χ0n) is 12.8. The average Bonchev–Trinajstić information content (AvgIpc) is 3.08. The summed E-state index contributed by atoms with van der Waals surface area (Å²) >= 11 is 0. The highest BCUT2D eigenvalue weighted by molar-refractivity contribution is 5.96. The molecule has 0 N–H and O–H groups in total. The third-order valence-corrected chi connectivity index (χ3v) is 5.36. The van der Waals surface area contributed by atoms with Crippen LogP contribution in [-0.4, -0.2) is 52.5 Å². The zero-order chi connectivity index (χ0) is 16.0. The van der Waals surface area contributed by atoms with Crippen molar-refractivity contribution in [3.63, 3.8) is 0 Å². The maximum atomic E-state index is 13.0. The number of anilines is 1. The van der Waals surface area contributed by atoms with E-state index in [1.807, 2.05) is 4.90 Å². The lowest BCUT2D eigenvalue weighted by molar-refractivity contribution is -0.139. The third-order valence-electron chi connectivity index (χ3n) is 5.36. The summed E-state index contributed by atoms with van der Waals surface area (Å²) in [7, 11) is 0. The van der Waals surface area contributed by atoms with E-state index in [1.54, 1.807) is 17.3 Å². The summed E-state index contributed by atoms with van der Waals surface area (Å²) in [5, 5.41) is 0. The molecule has 1 atom stereocenters. The van der Waals surface area contributed by atoms with Crippen LogP contribution in [0.5, 0.6) is 0 Å². The van der Waals surface area contributed by atoms with Crippen molar-refractivity contribution in [1.29, 1.82) is 0 Å². The lowest BCUT2D eigenvalue weighted by atomic mass is 9.82. The molecule has 23 heavy (non-hydrogen) atoms. The number of amides is 2. The van der Waals surface area contributed by atoms with Gasteiger partial charge in [0, 0.05) is 37.4 Å². The Bertz CT molecular complexity index is 634. The molecule has 3 aliphatic rings.